The number of anilines is 1. The van der Waals surface area contributed by atoms with Crippen LogP contribution in [-0.2, 0) is 13.1 Å². The first-order valence-electron chi connectivity index (χ1n) is 11.0. The van der Waals surface area contributed by atoms with Crippen molar-refractivity contribution < 1.29 is 9.90 Å². The topological polar surface area (TPSA) is 72.5 Å². The second kappa shape index (κ2) is 8.85. The van der Waals surface area contributed by atoms with E-state index in [9.17, 15) is 9.90 Å². The highest BCUT2D eigenvalue weighted by Crippen LogP contribution is 2.31. The number of amides is 1. The van der Waals surface area contributed by atoms with Gasteiger partial charge in [-0.25, -0.2) is 4.98 Å². The molecular weight excluding hydrogens is 400 g/mol. The molecule has 1 aliphatic rings. The number of para-hydroxylation sites is 1. The highest BCUT2D eigenvalue weighted by molar-refractivity contribution is 6.07. The van der Waals surface area contributed by atoms with Gasteiger partial charge in [-0.3, -0.25) is 4.79 Å². The van der Waals surface area contributed by atoms with Gasteiger partial charge in [-0.2, -0.15) is 0 Å². The Balaban J connectivity index is 1.55. The van der Waals surface area contributed by atoms with Crippen LogP contribution in [0.1, 0.15) is 28.2 Å². The number of imidazole rings is 1. The molecule has 0 spiro atoms. The summed E-state index contributed by atoms with van der Waals surface area (Å²) in [5, 5.41) is 11.8. The molecule has 1 atom stereocenters. The van der Waals surface area contributed by atoms with E-state index >= 15 is 0 Å². The summed E-state index contributed by atoms with van der Waals surface area (Å²) in [5.74, 6) is 0.867. The lowest BCUT2D eigenvalue weighted by Gasteiger charge is -2.32. The number of aromatic nitrogens is 2. The van der Waals surface area contributed by atoms with E-state index in [1.807, 2.05) is 65.7 Å². The Morgan fingerprint density at radius 3 is 2.72 bits per heavy atom. The van der Waals surface area contributed by atoms with Crippen LogP contribution in [0.3, 0.4) is 0 Å². The van der Waals surface area contributed by atoms with Crippen molar-refractivity contribution in [1.82, 2.24) is 14.9 Å². The van der Waals surface area contributed by atoms with Gasteiger partial charge >= 0.3 is 0 Å². The van der Waals surface area contributed by atoms with E-state index in [2.05, 4.69) is 27.0 Å². The van der Waals surface area contributed by atoms with Crippen LogP contribution in [0.4, 0.5) is 5.69 Å². The second-order valence-electron chi connectivity index (χ2n) is 8.17. The molecule has 1 aliphatic heterocycles. The Hall–Kier alpha value is -3.64. The van der Waals surface area contributed by atoms with Gasteiger partial charge in [0, 0.05) is 43.3 Å². The molecule has 6 heteroatoms. The van der Waals surface area contributed by atoms with E-state index in [0.717, 1.165) is 27.8 Å². The van der Waals surface area contributed by atoms with Crippen LogP contribution in [0.15, 0.2) is 79.1 Å². The zero-order chi connectivity index (χ0) is 21.9. The average molecular weight is 427 g/mol. The molecule has 162 valence electrons. The summed E-state index contributed by atoms with van der Waals surface area (Å²) >= 11 is 0. The molecule has 6 nitrogen and oxygen atoms in total. The maximum atomic E-state index is 13.9. The van der Waals surface area contributed by atoms with Crippen molar-refractivity contribution in [3.8, 4) is 0 Å². The summed E-state index contributed by atoms with van der Waals surface area (Å²) in [6.45, 7) is 1.75. The molecule has 0 fully saturated rings. The monoisotopic (exact) mass is 426 g/mol. The molecule has 0 bridgehead atoms. The number of aromatic amines is 1. The number of nitrogens with one attached hydrogen (secondary N) is 1. The van der Waals surface area contributed by atoms with Crippen LogP contribution in [-0.4, -0.2) is 45.1 Å². The Kier molecular flexibility index (Phi) is 5.60. The number of carbonyl (C=O) groups excluding carboxylic acids is 1. The van der Waals surface area contributed by atoms with Crippen molar-refractivity contribution in [2.24, 2.45) is 0 Å². The average Bonchev–Trinajstić information content (AvgIpc) is 3.29. The molecule has 1 unspecified atom stereocenters. The summed E-state index contributed by atoms with van der Waals surface area (Å²) in [5.41, 5.74) is 2.89. The van der Waals surface area contributed by atoms with Gasteiger partial charge in [-0.05, 0) is 34.9 Å². The van der Waals surface area contributed by atoms with Crippen molar-refractivity contribution in [3.63, 3.8) is 0 Å². The van der Waals surface area contributed by atoms with Crippen LogP contribution < -0.4 is 4.90 Å². The lowest BCUT2D eigenvalue weighted by atomic mass is 10.0. The van der Waals surface area contributed by atoms with Crippen molar-refractivity contribution in [3.05, 3.63) is 96.1 Å². The fourth-order valence-electron chi connectivity index (χ4n) is 4.63. The first kappa shape index (κ1) is 20.3. The van der Waals surface area contributed by atoms with Crippen molar-refractivity contribution in [1.29, 1.82) is 0 Å². The minimum atomic E-state index is -0.131. The Labute approximate surface area is 187 Å². The van der Waals surface area contributed by atoms with E-state index in [1.165, 1.54) is 0 Å². The number of benzene rings is 3. The van der Waals surface area contributed by atoms with Crippen LogP contribution in [0.5, 0.6) is 0 Å². The first-order valence-corrected chi connectivity index (χ1v) is 11.0. The Morgan fingerprint density at radius 2 is 1.88 bits per heavy atom. The summed E-state index contributed by atoms with van der Waals surface area (Å²) in [4.78, 5) is 25.7. The zero-order valence-corrected chi connectivity index (χ0v) is 17.8. The number of rotatable bonds is 5. The molecule has 0 aliphatic carbocycles. The predicted molar refractivity (Wildman–Crippen MR) is 125 cm³/mol. The lowest BCUT2D eigenvalue weighted by molar-refractivity contribution is 0.0644. The normalized spacial score (nSPS) is 16.1. The van der Waals surface area contributed by atoms with Gasteiger partial charge in [0.15, 0.2) is 0 Å². The van der Waals surface area contributed by atoms with Gasteiger partial charge in [0.05, 0.1) is 12.6 Å². The smallest absolute Gasteiger partial charge is 0.255 e. The molecule has 1 aromatic heterocycles. The van der Waals surface area contributed by atoms with E-state index in [0.29, 0.717) is 31.6 Å². The van der Waals surface area contributed by atoms with Crippen LogP contribution in [0.25, 0.3) is 10.8 Å². The van der Waals surface area contributed by atoms with Gasteiger partial charge in [0.25, 0.3) is 5.91 Å². The van der Waals surface area contributed by atoms with Crippen molar-refractivity contribution in [2.75, 3.05) is 18.1 Å². The number of carbonyl (C=O) groups is 1. The zero-order valence-electron chi connectivity index (χ0n) is 17.8. The van der Waals surface area contributed by atoms with Gasteiger partial charge in [-0.15, -0.1) is 0 Å². The molecule has 0 saturated heterocycles. The lowest BCUT2D eigenvalue weighted by Crippen LogP contribution is -2.45. The molecule has 4 aromatic rings. The molecule has 0 radical (unpaired) electrons. The first-order chi connectivity index (χ1) is 15.7. The van der Waals surface area contributed by atoms with Crippen molar-refractivity contribution in [2.45, 2.75) is 25.6 Å². The van der Waals surface area contributed by atoms with Crippen LogP contribution >= 0.6 is 0 Å². The highest BCUT2D eigenvalue weighted by atomic mass is 16.3. The third-order valence-corrected chi connectivity index (χ3v) is 6.18. The summed E-state index contributed by atoms with van der Waals surface area (Å²) in [6, 6.07) is 21.9. The summed E-state index contributed by atoms with van der Waals surface area (Å²) < 4.78 is 0. The van der Waals surface area contributed by atoms with Crippen LogP contribution in [0, 0.1) is 0 Å². The predicted octanol–water partition coefficient (Wildman–Crippen LogP) is 3.98. The highest BCUT2D eigenvalue weighted by Gasteiger charge is 2.32. The fourth-order valence-corrected chi connectivity index (χ4v) is 4.63. The number of hydrogen-bond acceptors (Lipinski definition) is 4. The van der Waals surface area contributed by atoms with E-state index < -0.39 is 0 Å². The molecule has 5 rings (SSSR count). The van der Waals surface area contributed by atoms with Crippen LogP contribution in [0.2, 0.25) is 0 Å². The molecule has 0 saturated carbocycles. The van der Waals surface area contributed by atoms with E-state index in [4.69, 9.17) is 0 Å². The fraction of sp³-hybridized carbons (Fsp3) is 0.231. The standard InChI is InChI=1S/C26H26N4O2/c31-15-12-21-17-29(18-25-27-13-14-28-25)24-11-4-2-7-20(24)16-30(21)26(32)23-10-5-8-19-6-1-3-9-22(19)23/h1-11,13-14,21,31H,12,15-18H2,(H,27,28). The number of aliphatic hydroxyl groups excluding tert-OH is 1. The number of fused-ring (bicyclic) bond motifs is 2. The Bertz CT molecular complexity index is 1220. The number of aliphatic hydroxyl groups is 1. The molecule has 2 N–H and O–H groups in total. The SMILES string of the molecule is O=C(c1cccc2ccccc12)N1Cc2ccccc2N(Cc2ncc[nH]2)CC1CCO. The summed E-state index contributed by atoms with van der Waals surface area (Å²) in [7, 11) is 0. The third-order valence-electron chi connectivity index (χ3n) is 6.18. The molecule has 1 amide bonds. The van der Waals surface area contributed by atoms with Gasteiger partial charge in [-0.1, -0.05) is 54.6 Å². The Morgan fingerprint density at radius 1 is 1.06 bits per heavy atom. The van der Waals surface area contributed by atoms with Gasteiger partial charge in [0.1, 0.15) is 5.82 Å². The summed E-state index contributed by atoms with van der Waals surface area (Å²) in [6.07, 6.45) is 4.08. The van der Waals surface area contributed by atoms with E-state index in [-0.39, 0.29) is 18.6 Å². The quantitative estimate of drug-likeness (QED) is 0.506. The van der Waals surface area contributed by atoms with Crippen molar-refractivity contribution >= 4 is 22.4 Å². The maximum absolute atomic E-state index is 13.9. The molecule has 3 aromatic carbocycles. The molecular formula is C26H26N4O2. The minimum Gasteiger partial charge on any atom is -0.396 e. The van der Waals surface area contributed by atoms with Gasteiger partial charge in [0.2, 0.25) is 0 Å². The third kappa shape index (κ3) is 3.85. The minimum absolute atomic E-state index is 0.00472. The molecule has 2 heterocycles. The number of hydrogen-bond donors (Lipinski definition) is 2. The largest absolute Gasteiger partial charge is 0.396 e. The van der Waals surface area contributed by atoms with E-state index in [1.54, 1.807) is 6.20 Å². The van der Waals surface area contributed by atoms with Gasteiger partial charge < -0.3 is 19.9 Å². The maximum Gasteiger partial charge on any atom is 0.255 e. The molecule has 32 heavy (non-hydrogen) atoms. The number of nitrogens with zero attached hydrogens (tertiary/aromatic N) is 3. The second-order valence-corrected chi connectivity index (χ2v) is 8.17. The number of H-pyrrole nitrogens is 1.